The third-order valence-electron chi connectivity index (χ3n) is 4.03. The van der Waals surface area contributed by atoms with Crippen LogP contribution in [-0.4, -0.2) is 30.9 Å². The van der Waals surface area contributed by atoms with Gasteiger partial charge in [-0.1, -0.05) is 35.3 Å². The summed E-state index contributed by atoms with van der Waals surface area (Å²) in [6.07, 6.45) is 0. The van der Waals surface area contributed by atoms with Crippen LogP contribution >= 0.6 is 23.2 Å². The Balaban J connectivity index is 1.83. The van der Waals surface area contributed by atoms with Gasteiger partial charge in [0, 0.05) is 11.1 Å². The highest BCUT2D eigenvalue weighted by Gasteiger charge is 2.38. The quantitative estimate of drug-likeness (QED) is 0.739. The molecule has 27 heavy (non-hydrogen) atoms. The maximum Gasteiger partial charge on any atom is 0.279 e. The molecular weight excluding hydrogens is 391 g/mol. The third kappa shape index (κ3) is 3.86. The standard InChI is InChI=1S/C19H16Cl2N2O4/c1-26-13-7-8-14(15(9-13)27-2)22-17-16(21)18(24)23(19(17)25)10-11-3-5-12(20)6-4-11/h3-9,22H,10H2,1-2H3. The zero-order valence-corrected chi connectivity index (χ0v) is 16.1. The first kappa shape index (κ1) is 19.1. The molecule has 0 aromatic heterocycles. The molecule has 0 saturated heterocycles. The van der Waals surface area contributed by atoms with E-state index in [0.717, 1.165) is 10.5 Å². The van der Waals surface area contributed by atoms with E-state index in [-0.39, 0.29) is 17.3 Å². The average molecular weight is 407 g/mol. The molecule has 2 aromatic rings. The molecule has 0 saturated carbocycles. The summed E-state index contributed by atoms with van der Waals surface area (Å²) in [7, 11) is 3.03. The van der Waals surface area contributed by atoms with Crippen molar-refractivity contribution in [1.29, 1.82) is 0 Å². The Hall–Kier alpha value is -2.70. The van der Waals surface area contributed by atoms with Crippen molar-refractivity contribution in [3.8, 4) is 11.5 Å². The van der Waals surface area contributed by atoms with Crippen LogP contribution in [0.5, 0.6) is 11.5 Å². The van der Waals surface area contributed by atoms with Crippen molar-refractivity contribution in [1.82, 2.24) is 4.90 Å². The van der Waals surface area contributed by atoms with Crippen LogP contribution < -0.4 is 14.8 Å². The van der Waals surface area contributed by atoms with Crippen LogP contribution in [0.15, 0.2) is 53.2 Å². The van der Waals surface area contributed by atoms with Gasteiger partial charge in [-0.2, -0.15) is 0 Å². The molecule has 0 fully saturated rings. The second kappa shape index (κ2) is 7.90. The van der Waals surface area contributed by atoms with Crippen molar-refractivity contribution < 1.29 is 19.1 Å². The number of benzene rings is 2. The van der Waals surface area contributed by atoms with Gasteiger partial charge in [-0.25, -0.2) is 0 Å². The molecule has 0 atom stereocenters. The van der Waals surface area contributed by atoms with Gasteiger partial charge in [0.15, 0.2) is 0 Å². The summed E-state index contributed by atoms with van der Waals surface area (Å²) in [5.74, 6) is -0.0391. The fourth-order valence-electron chi connectivity index (χ4n) is 2.61. The summed E-state index contributed by atoms with van der Waals surface area (Å²) >= 11 is 12.0. The first-order chi connectivity index (χ1) is 12.9. The number of halogens is 2. The number of methoxy groups -OCH3 is 2. The average Bonchev–Trinajstić information content (AvgIpc) is 2.88. The smallest absolute Gasteiger partial charge is 0.279 e. The largest absolute Gasteiger partial charge is 0.497 e. The van der Waals surface area contributed by atoms with Gasteiger partial charge in [-0.05, 0) is 29.8 Å². The number of amides is 2. The first-order valence-corrected chi connectivity index (χ1v) is 8.69. The highest BCUT2D eigenvalue weighted by molar-refractivity contribution is 6.48. The monoisotopic (exact) mass is 406 g/mol. The van der Waals surface area contributed by atoms with E-state index >= 15 is 0 Å². The van der Waals surface area contributed by atoms with Crippen molar-refractivity contribution in [3.63, 3.8) is 0 Å². The predicted molar refractivity (Wildman–Crippen MR) is 103 cm³/mol. The molecule has 0 bridgehead atoms. The van der Waals surface area contributed by atoms with Crippen LogP contribution in [0.3, 0.4) is 0 Å². The van der Waals surface area contributed by atoms with E-state index in [1.807, 2.05) is 0 Å². The number of ether oxygens (including phenoxy) is 2. The van der Waals surface area contributed by atoms with Crippen LogP contribution in [0.2, 0.25) is 5.02 Å². The summed E-state index contributed by atoms with van der Waals surface area (Å²) in [6.45, 7) is 0.0932. The van der Waals surface area contributed by atoms with Crippen LogP contribution in [0, 0.1) is 0 Å². The fraction of sp³-hybridized carbons (Fsp3) is 0.158. The molecule has 1 N–H and O–H groups in total. The molecule has 1 heterocycles. The van der Waals surface area contributed by atoms with Crippen molar-refractivity contribution in [2.45, 2.75) is 6.54 Å². The van der Waals surface area contributed by atoms with Gasteiger partial charge in [-0.15, -0.1) is 0 Å². The maximum atomic E-state index is 12.7. The Labute approximate surface area is 166 Å². The Bertz CT molecular complexity index is 926. The van der Waals surface area contributed by atoms with Gasteiger partial charge < -0.3 is 14.8 Å². The lowest BCUT2D eigenvalue weighted by Gasteiger charge is -2.16. The topological polar surface area (TPSA) is 67.9 Å². The van der Waals surface area contributed by atoms with E-state index in [4.69, 9.17) is 32.7 Å². The zero-order chi connectivity index (χ0) is 19.6. The number of anilines is 1. The summed E-state index contributed by atoms with van der Waals surface area (Å²) in [5, 5.41) is 3.30. The molecular formula is C19H16Cl2N2O4. The number of nitrogens with one attached hydrogen (secondary N) is 1. The maximum absolute atomic E-state index is 12.7. The molecule has 6 nitrogen and oxygen atoms in total. The minimum Gasteiger partial charge on any atom is -0.497 e. The summed E-state index contributed by atoms with van der Waals surface area (Å²) in [6, 6.07) is 11.9. The van der Waals surface area contributed by atoms with Crippen molar-refractivity contribution >= 4 is 40.7 Å². The lowest BCUT2D eigenvalue weighted by atomic mass is 10.2. The van der Waals surface area contributed by atoms with Crippen molar-refractivity contribution in [2.24, 2.45) is 0 Å². The van der Waals surface area contributed by atoms with E-state index in [1.54, 1.807) is 42.5 Å². The van der Waals surface area contributed by atoms with Crippen molar-refractivity contribution in [3.05, 3.63) is 63.8 Å². The number of rotatable bonds is 6. The Morgan fingerprint density at radius 1 is 0.963 bits per heavy atom. The van der Waals surface area contributed by atoms with Crippen molar-refractivity contribution in [2.75, 3.05) is 19.5 Å². The van der Waals surface area contributed by atoms with Gasteiger partial charge >= 0.3 is 0 Å². The number of hydrogen-bond acceptors (Lipinski definition) is 5. The lowest BCUT2D eigenvalue weighted by molar-refractivity contribution is -0.138. The molecule has 2 aromatic carbocycles. The second-order valence-corrected chi connectivity index (χ2v) is 6.52. The lowest BCUT2D eigenvalue weighted by Crippen LogP contribution is -2.31. The van der Waals surface area contributed by atoms with Gasteiger partial charge in [0.05, 0.1) is 26.5 Å². The van der Waals surface area contributed by atoms with Gasteiger partial charge in [-0.3, -0.25) is 14.5 Å². The van der Waals surface area contributed by atoms with E-state index < -0.39 is 11.8 Å². The SMILES string of the molecule is COc1ccc(NC2=C(Cl)C(=O)N(Cc3ccc(Cl)cc3)C2=O)c(OC)c1. The minimum absolute atomic E-state index is 0.000836. The number of carbonyl (C=O) groups excluding carboxylic acids is 2. The van der Waals surface area contributed by atoms with Gasteiger partial charge in [0.1, 0.15) is 22.2 Å². The summed E-state index contributed by atoms with van der Waals surface area (Å²) < 4.78 is 10.4. The normalized spacial score (nSPS) is 14.0. The summed E-state index contributed by atoms with van der Waals surface area (Å²) in [5.41, 5.74) is 1.24. The molecule has 1 aliphatic rings. The van der Waals surface area contributed by atoms with E-state index in [2.05, 4.69) is 5.32 Å². The molecule has 0 radical (unpaired) electrons. The predicted octanol–water partition coefficient (Wildman–Crippen LogP) is 3.79. The van der Waals surface area contributed by atoms with Gasteiger partial charge in [0.2, 0.25) is 0 Å². The number of imide groups is 1. The molecule has 2 amide bonds. The van der Waals surface area contributed by atoms with Crippen LogP contribution in [0.4, 0.5) is 5.69 Å². The van der Waals surface area contributed by atoms with Crippen LogP contribution in [0.1, 0.15) is 5.56 Å². The fourth-order valence-corrected chi connectivity index (χ4v) is 2.96. The molecule has 1 aliphatic heterocycles. The second-order valence-electron chi connectivity index (χ2n) is 5.70. The van der Waals surface area contributed by atoms with E-state index in [1.165, 1.54) is 14.2 Å². The number of carbonyl (C=O) groups is 2. The Kier molecular flexibility index (Phi) is 5.58. The van der Waals surface area contributed by atoms with E-state index in [9.17, 15) is 9.59 Å². The zero-order valence-electron chi connectivity index (χ0n) is 14.6. The van der Waals surface area contributed by atoms with Crippen LogP contribution in [0.25, 0.3) is 0 Å². The molecule has 3 rings (SSSR count). The first-order valence-electron chi connectivity index (χ1n) is 7.94. The Morgan fingerprint density at radius 2 is 1.67 bits per heavy atom. The Morgan fingerprint density at radius 3 is 2.30 bits per heavy atom. The highest BCUT2D eigenvalue weighted by Crippen LogP contribution is 2.33. The van der Waals surface area contributed by atoms with Gasteiger partial charge in [0.25, 0.3) is 11.8 Å². The highest BCUT2D eigenvalue weighted by atomic mass is 35.5. The molecule has 140 valence electrons. The third-order valence-corrected chi connectivity index (χ3v) is 4.64. The number of hydrogen-bond donors (Lipinski definition) is 1. The molecule has 0 aliphatic carbocycles. The van der Waals surface area contributed by atoms with Crippen LogP contribution in [-0.2, 0) is 16.1 Å². The minimum atomic E-state index is -0.563. The molecule has 0 unspecified atom stereocenters. The number of nitrogens with zero attached hydrogens (tertiary/aromatic N) is 1. The molecule has 8 heteroatoms. The molecule has 0 spiro atoms. The summed E-state index contributed by atoms with van der Waals surface area (Å²) in [4.78, 5) is 26.2. The van der Waals surface area contributed by atoms with E-state index in [0.29, 0.717) is 22.2 Å².